The van der Waals surface area contributed by atoms with Gasteiger partial charge in [0.2, 0.25) is 0 Å². The van der Waals surface area contributed by atoms with Crippen LogP contribution in [0.4, 0.5) is 5.69 Å². The molecule has 1 fully saturated rings. The molecule has 0 N–H and O–H groups in total. The molecule has 0 aromatic heterocycles. The first-order valence-corrected chi connectivity index (χ1v) is 9.42. The Morgan fingerprint density at radius 3 is 2.55 bits per heavy atom. The fraction of sp³-hybridized carbons (Fsp3) is 0.500. The Bertz CT molecular complexity index is 759. The molecule has 2 aliphatic heterocycles. The van der Waals surface area contributed by atoms with Crippen LogP contribution in [0.25, 0.3) is 0 Å². The van der Waals surface area contributed by atoms with Gasteiger partial charge in [0.05, 0.1) is 39.6 Å². The molecule has 1 aromatic rings. The number of esters is 2. The summed E-state index contributed by atoms with van der Waals surface area (Å²) in [6.45, 7) is 4.71. The quantitative estimate of drug-likeness (QED) is 0.610. The Morgan fingerprint density at radius 2 is 1.83 bits per heavy atom. The second-order valence-electron chi connectivity index (χ2n) is 6.52. The van der Waals surface area contributed by atoms with Gasteiger partial charge in [0.1, 0.15) is 24.8 Å². The molecule has 0 radical (unpaired) electrons. The van der Waals surface area contributed by atoms with Gasteiger partial charge in [-0.2, -0.15) is 0 Å². The van der Waals surface area contributed by atoms with E-state index in [1.165, 1.54) is 14.2 Å². The predicted octanol–water partition coefficient (Wildman–Crippen LogP) is 0.792. The van der Waals surface area contributed by atoms with E-state index in [2.05, 4.69) is 4.90 Å². The van der Waals surface area contributed by atoms with Crippen molar-refractivity contribution < 1.29 is 33.3 Å². The number of ether oxygens (including phenoxy) is 5. The van der Waals surface area contributed by atoms with Crippen molar-refractivity contribution in [3.63, 3.8) is 0 Å². The number of carbonyl (C=O) groups is 2. The zero-order valence-electron chi connectivity index (χ0n) is 16.7. The monoisotopic (exact) mass is 406 g/mol. The number of hydrogen-bond donors (Lipinski definition) is 0. The molecule has 0 aliphatic carbocycles. The first-order chi connectivity index (χ1) is 14.1. The van der Waals surface area contributed by atoms with Crippen molar-refractivity contribution in [1.29, 1.82) is 0 Å². The third-order valence-electron chi connectivity index (χ3n) is 4.74. The van der Waals surface area contributed by atoms with E-state index in [1.807, 2.05) is 12.1 Å². The lowest BCUT2D eigenvalue weighted by Crippen LogP contribution is -2.39. The van der Waals surface area contributed by atoms with E-state index in [9.17, 15) is 9.59 Å². The third-order valence-corrected chi connectivity index (χ3v) is 4.74. The lowest BCUT2D eigenvalue weighted by Gasteiger charge is -2.31. The molecule has 2 heterocycles. The maximum Gasteiger partial charge on any atom is 0.355 e. The van der Waals surface area contributed by atoms with Crippen LogP contribution in [0.2, 0.25) is 0 Å². The average Bonchev–Trinajstić information content (AvgIpc) is 2.78. The van der Waals surface area contributed by atoms with Crippen molar-refractivity contribution in [3.05, 3.63) is 35.5 Å². The van der Waals surface area contributed by atoms with Gasteiger partial charge in [-0.25, -0.2) is 9.59 Å². The van der Waals surface area contributed by atoms with Gasteiger partial charge in [0, 0.05) is 31.4 Å². The number of hydrogen-bond acceptors (Lipinski definition) is 9. The maximum absolute atomic E-state index is 12.4. The Labute approximate surface area is 169 Å². The van der Waals surface area contributed by atoms with Crippen LogP contribution in [0.5, 0.6) is 5.75 Å². The largest absolute Gasteiger partial charge is 0.492 e. The summed E-state index contributed by atoms with van der Waals surface area (Å²) in [6, 6.07) is 7.27. The highest BCUT2D eigenvalue weighted by Crippen LogP contribution is 2.29. The number of rotatable bonds is 7. The zero-order chi connectivity index (χ0) is 20.6. The minimum atomic E-state index is -0.632. The highest BCUT2D eigenvalue weighted by atomic mass is 16.5. The molecule has 0 spiro atoms. The predicted molar refractivity (Wildman–Crippen MR) is 104 cm³/mol. The SMILES string of the molecule is COC(=O)C1=C(C(=O)OC)N(c2cccc(OCCN3CCOCC3)c2)COC1. The average molecular weight is 406 g/mol. The maximum atomic E-state index is 12.4. The number of methoxy groups -OCH3 is 2. The molecule has 0 atom stereocenters. The summed E-state index contributed by atoms with van der Waals surface area (Å²) in [5.41, 5.74) is 0.871. The standard InChI is InChI=1S/C20H26N2O7/c1-25-19(23)17-13-28-14-22(18(17)20(24)26-2)15-4-3-5-16(12-15)29-11-8-21-6-9-27-10-7-21/h3-5,12H,6-11,13-14H2,1-2H3. The fourth-order valence-electron chi connectivity index (χ4n) is 3.21. The van der Waals surface area contributed by atoms with Crippen LogP contribution < -0.4 is 9.64 Å². The summed E-state index contributed by atoms with van der Waals surface area (Å²) < 4.78 is 26.4. The van der Waals surface area contributed by atoms with Crippen molar-refractivity contribution in [1.82, 2.24) is 4.90 Å². The molecule has 0 unspecified atom stereocenters. The van der Waals surface area contributed by atoms with Crippen LogP contribution in [0.1, 0.15) is 0 Å². The summed E-state index contributed by atoms with van der Waals surface area (Å²) in [4.78, 5) is 28.3. The van der Waals surface area contributed by atoms with E-state index in [4.69, 9.17) is 23.7 Å². The van der Waals surface area contributed by atoms with Gasteiger partial charge in [0.25, 0.3) is 0 Å². The van der Waals surface area contributed by atoms with Gasteiger partial charge >= 0.3 is 11.9 Å². The van der Waals surface area contributed by atoms with Crippen molar-refractivity contribution in [2.24, 2.45) is 0 Å². The van der Waals surface area contributed by atoms with Crippen molar-refractivity contribution in [2.75, 3.05) is 71.9 Å². The van der Waals surface area contributed by atoms with Crippen LogP contribution in [-0.4, -0.2) is 83.9 Å². The van der Waals surface area contributed by atoms with Crippen LogP contribution in [0, 0.1) is 0 Å². The molecule has 1 aromatic carbocycles. The number of anilines is 1. The fourth-order valence-corrected chi connectivity index (χ4v) is 3.21. The molecule has 0 saturated carbocycles. The molecular formula is C20H26N2O7. The number of nitrogens with zero attached hydrogens (tertiary/aromatic N) is 2. The smallest absolute Gasteiger partial charge is 0.355 e. The van der Waals surface area contributed by atoms with E-state index >= 15 is 0 Å². The van der Waals surface area contributed by atoms with Crippen LogP contribution in [0.15, 0.2) is 35.5 Å². The van der Waals surface area contributed by atoms with E-state index in [0.29, 0.717) is 18.0 Å². The van der Waals surface area contributed by atoms with Gasteiger partial charge in [-0.1, -0.05) is 6.07 Å². The van der Waals surface area contributed by atoms with Crippen LogP contribution in [0.3, 0.4) is 0 Å². The molecule has 2 aliphatic rings. The zero-order valence-corrected chi connectivity index (χ0v) is 16.7. The van der Waals surface area contributed by atoms with Gasteiger partial charge in [-0.05, 0) is 12.1 Å². The highest BCUT2D eigenvalue weighted by Gasteiger charge is 2.32. The Hall–Kier alpha value is -2.62. The van der Waals surface area contributed by atoms with Crippen LogP contribution in [-0.2, 0) is 28.5 Å². The lowest BCUT2D eigenvalue weighted by molar-refractivity contribution is -0.140. The molecule has 29 heavy (non-hydrogen) atoms. The van der Waals surface area contributed by atoms with Crippen molar-refractivity contribution >= 4 is 17.6 Å². The van der Waals surface area contributed by atoms with Crippen LogP contribution >= 0.6 is 0 Å². The molecule has 3 rings (SSSR count). The topological polar surface area (TPSA) is 86.8 Å². The summed E-state index contributed by atoms with van der Waals surface area (Å²) >= 11 is 0. The molecule has 0 amide bonds. The molecular weight excluding hydrogens is 380 g/mol. The minimum absolute atomic E-state index is 0.0245. The Kier molecular flexibility index (Phi) is 7.45. The lowest BCUT2D eigenvalue weighted by atomic mass is 10.1. The molecule has 158 valence electrons. The minimum Gasteiger partial charge on any atom is -0.492 e. The molecule has 1 saturated heterocycles. The normalized spacial score (nSPS) is 17.8. The van der Waals surface area contributed by atoms with Gasteiger partial charge in [0.15, 0.2) is 0 Å². The molecule has 9 nitrogen and oxygen atoms in total. The molecule has 0 bridgehead atoms. The highest BCUT2D eigenvalue weighted by molar-refractivity contribution is 6.03. The summed E-state index contributed by atoms with van der Waals surface area (Å²) in [6.07, 6.45) is 0. The van der Waals surface area contributed by atoms with E-state index in [0.717, 1.165) is 32.8 Å². The Balaban J connectivity index is 1.75. The summed E-state index contributed by atoms with van der Waals surface area (Å²) in [7, 11) is 2.52. The number of benzene rings is 1. The second-order valence-corrected chi connectivity index (χ2v) is 6.52. The molecule has 9 heteroatoms. The number of morpholine rings is 1. The Morgan fingerprint density at radius 1 is 1.07 bits per heavy atom. The van der Waals surface area contributed by atoms with Gasteiger partial charge in [-0.3, -0.25) is 4.90 Å². The van der Waals surface area contributed by atoms with Gasteiger partial charge < -0.3 is 28.6 Å². The van der Waals surface area contributed by atoms with E-state index in [1.54, 1.807) is 17.0 Å². The van der Waals surface area contributed by atoms with E-state index in [-0.39, 0.29) is 24.6 Å². The van der Waals surface area contributed by atoms with E-state index < -0.39 is 11.9 Å². The van der Waals surface area contributed by atoms with Gasteiger partial charge in [-0.15, -0.1) is 0 Å². The third kappa shape index (κ3) is 5.26. The van der Waals surface area contributed by atoms with Crippen molar-refractivity contribution in [3.8, 4) is 5.75 Å². The van der Waals surface area contributed by atoms with Crippen molar-refractivity contribution in [2.45, 2.75) is 0 Å². The first-order valence-electron chi connectivity index (χ1n) is 9.42. The summed E-state index contributed by atoms with van der Waals surface area (Å²) in [5.74, 6) is -0.606. The number of carbonyl (C=O) groups excluding carboxylic acids is 2. The first kappa shape index (κ1) is 21.1. The summed E-state index contributed by atoms with van der Waals surface area (Å²) in [5, 5.41) is 0. The second kappa shape index (κ2) is 10.2.